The van der Waals surface area contributed by atoms with Crippen LogP contribution in [0.4, 0.5) is 0 Å². The number of hydrogen-bond acceptors (Lipinski definition) is 4. The Labute approximate surface area is 140 Å². The smallest absolute Gasteiger partial charge is 0.188 e. The Morgan fingerprint density at radius 2 is 2.00 bits per heavy atom. The summed E-state index contributed by atoms with van der Waals surface area (Å²) in [6, 6.07) is 0. The van der Waals surface area contributed by atoms with E-state index in [2.05, 4.69) is 15.2 Å². The number of morpholine rings is 1. The molecule has 2 aliphatic rings. The zero-order valence-corrected chi connectivity index (χ0v) is 14.7. The highest BCUT2D eigenvalue weighted by atomic mass is 16.5. The number of aliphatic imine (C=N–C) groups is 1. The van der Waals surface area contributed by atoms with E-state index in [0.717, 1.165) is 59.0 Å². The monoisotopic (exact) mass is 326 g/mol. The van der Waals surface area contributed by atoms with Crippen molar-refractivity contribution in [3.05, 3.63) is 0 Å². The van der Waals surface area contributed by atoms with Gasteiger partial charge in [0, 0.05) is 38.4 Å². The van der Waals surface area contributed by atoms with Crippen molar-refractivity contribution >= 4 is 5.96 Å². The third kappa shape index (κ3) is 5.94. The van der Waals surface area contributed by atoms with Crippen molar-refractivity contribution in [2.24, 2.45) is 10.7 Å². The van der Waals surface area contributed by atoms with Gasteiger partial charge in [0.05, 0.1) is 19.8 Å². The number of nitrogens with one attached hydrogen (secondary N) is 1. The van der Waals surface area contributed by atoms with Crippen molar-refractivity contribution < 1.29 is 9.47 Å². The van der Waals surface area contributed by atoms with E-state index in [0.29, 0.717) is 5.96 Å². The zero-order chi connectivity index (χ0) is 16.4. The van der Waals surface area contributed by atoms with E-state index in [9.17, 15) is 0 Å². The van der Waals surface area contributed by atoms with Gasteiger partial charge in [-0.15, -0.1) is 0 Å². The highest BCUT2D eigenvalue weighted by Crippen LogP contribution is 2.34. The van der Waals surface area contributed by atoms with Crippen LogP contribution in [0.15, 0.2) is 4.99 Å². The molecule has 1 heterocycles. The van der Waals surface area contributed by atoms with Crippen LogP contribution in [0, 0.1) is 0 Å². The first kappa shape index (κ1) is 18.5. The lowest BCUT2D eigenvalue weighted by Crippen LogP contribution is -2.56. The van der Waals surface area contributed by atoms with E-state index in [4.69, 9.17) is 15.2 Å². The molecule has 0 spiro atoms. The van der Waals surface area contributed by atoms with Crippen molar-refractivity contribution in [1.29, 1.82) is 0 Å². The second kappa shape index (κ2) is 10.1. The van der Waals surface area contributed by atoms with Gasteiger partial charge >= 0.3 is 0 Å². The van der Waals surface area contributed by atoms with Gasteiger partial charge in [-0.25, -0.2) is 0 Å². The molecule has 0 amide bonds. The number of rotatable bonds is 8. The van der Waals surface area contributed by atoms with Crippen LogP contribution in [-0.4, -0.2) is 69.0 Å². The number of hydrogen-bond donors (Lipinski definition) is 2. The summed E-state index contributed by atoms with van der Waals surface area (Å²) in [6.07, 6.45) is 7.37. The molecule has 0 unspecified atom stereocenters. The maximum Gasteiger partial charge on any atom is 0.188 e. The maximum absolute atomic E-state index is 6.05. The van der Waals surface area contributed by atoms with Gasteiger partial charge in [0.25, 0.3) is 0 Å². The van der Waals surface area contributed by atoms with Crippen molar-refractivity contribution in [3.8, 4) is 0 Å². The SMILES string of the molecule is CCOCCCNC(N)=NCC1(N2CCOCC2)CCCCC1. The van der Waals surface area contributed by atoms with E-state index < -0.39 is 0 Å². The molecule has 2 fully saturated rings. The number of guanidine groups is 1. The summed E-state index contributed by atoms with van der Waals surface area (Å²) in [5.41, 5.74) is 6.24. The molecule has 2 rings (SSSR count). The minimum Gasteiger partial charge on any atom is -0.382 e. The van der Waals surface area contributed by atoms with Crippen LogP contribution in [0.3, 0.4) is 0 Å². The van der Waals surface area contributed by atoms with Gasteiger partial charge in [0.1, 0.15) is 0 Å². The largest absolute Gasteiger partial charge is 0.382 e. The number of ether oxygens (including phenoxy) is 2. The third-order valence-corrected chi connectivity index (χ3v) is 4.99. The average Bonchev–Trinajstić information content (AvgIpc) is 2.61. The minimum absolute atomic E-state index is 0.194. The highest BCUT2D eigenvalue weighted by molar-refractivity contribution is 5.77. The van der Waals surface area contributed by atoms with E-state index >= 15 is 0 Å². The second-order valence-electron chi connectivity index (χ2n) is 6.56. The van der Waals surface area contributed by atoms with Gasteiger partial charge in [-0.05, 0) is 26.2 Å². The van der Waals surface area contributed by atoms with Crippen molar-refractivity contribution in [1.82, 2.24) is 10.2 Å². The van der Waals surface area contributed by atoms with Gasteiger partial charge in [0.2, 0.25) is 0 Å². The van der Waals surface area contributed by atoms with Crippen LogP contribution >= 0.6 is 0 Å². The van der Waals surface area contributed by atoms with Crippen molar-refractivity contribution in [2.75, 3.05) is 52.6 Å². The molecule has 134 valence electrons. The fourth-order valence-electron chi connectivity index (χ4n) is 3.65. The van der Waals surface area contributed by atoms with Gasteiger partial charge in [-0.2, -0.15) is 0 Å². The Morgan fingerprint density at radius 1 is 1.26 bits per heavy atom. The molecule has 1 aliphatic carbocycles. The molecule has 6 nitrogen and oxygen atoms in total. The first-order valence-electron chi connectivity index (χ1n) is 9.21. The molecule has 0 bridgehead atoms. The van der Waals surface area contributed by atoms with Gasteiger partial charge < -0.3 is 20.5 Å². The van der Waals surface area contributed by atoms with Crippen LogP contribution < -0.4 is 11.1 Å². The first-order chi connectivity index (χ1) is 11.3. The standard InChI is InChI=1S/C17H34N4O2/c1-2-22-12-6-9-19-16(18)20-15-17(7-4-3-5-8-17)21-10-13-23-14-11-21/h2-15H2,1H3,(H3,18,19,20). The minimum atomic E-state index is 0.194. The molecule has 6 heteroatoms. The quantitative estimate of drug-likeness (QED) is 0.400. The molecule has 0 aromatic carbocycles. The fourth-order valence-corrected chi connectivity index (χ4v) is 3.65. The lowest BCUT2D eigenvalue weighted by molar-refractivity contribution is -0.0333. The Hall–Kier alpha value is -0.850. The Balaban J connectivity index is 1.83. The van der Waals surface area contributed by atoms with E-state index in [-0.39, 0.29) is 5.54 Å². The van der Waals surface area contributed by atoms with Crippen LogP contribution in [0.25, 0.3) is 0 Å². The fraction of sp³-hybridized carbons (Fsp3) is 0.941. The molecule has 1 aliphatic heterocycles. The first-order valence-corrected chi connectivity index (χ1v) is 9.21. The molecule has 1 saturated carbocycles. The maximum atomic E-state index is 6.05. The van der Waals surface area contributed by atoms with Crippen LogP contribution in [-0.2, 0) is 9.47 Å². The summed E-state index contributed by atoms with van der Waals surface area (Å²) >= 11 is 0. The molecule has 0 aromatic rings. The predicted octanol–water partition coefficient (Wildman–Crippen LogP) is 1.35. The number of nitrogens with zero attached hydrogens (tertiary/aromatic N) is 2. The summed E-state index contributed by atoms with van der Waals surface area (Å²) in [6.45, 7) is 8.91. The van der Waals surface area contributed by atoms with Gasteiger partial charge in [-0.1, -0.05) is 19.3 Å². The van der Waals surface area contributed by atoms with E-state index in [1.165, 1.54) is 32.1 Å². The topological polar surface area (TPSA) is 72.1 Å². The molecule has 3 N–H and O–H groups in total. The third-order valence-electron chi connectivity index (χ3n) is 4.99. The molecule has 0 aromatic heterocycles. The van der Waals surface area contributed by atoms with Crippen molar-refractivity contribution in [3.63, 3.8) is 0 Å². The molecule has 0 atom stereocenters. The molecule has 23 heavy (non-hydrogen) atoms. The molecule has 0 radical (unpaired) electrons. The summed E-state index contributed by atoms with van der Waals surface area (Å²) < 4.78 is 10.8. The zero-order valence-electron chi connectivity index (χ0n) is 14.7. The molecule has 1 saturated heterocycles. The Kier molecular flexibility index (Phi) is 8.12. The predicted molar refractivity (Wildman–Crippen MR) is 93.8 cm³/mol. The summed E-state index contributed by atoms with van der Waals surface area (Å²) in [4.78, 5) is 7.27. The normalized spacial score (nSPS) is 22.9. The Bertz CT molecular complexity index is 351. The van der Waals surface area contributed by atoms with Gasteiger partial charge in [0.15, 0.2) is 5.96 Å². The lowest BCUT2D eigenvalue weighted by atomic mass is 9.80. The summed E-state index contributed by atoms with van der Waals surface area (Å²) in [7, 11) is 0. The molecular weight excluding hydrogens is 292 g/mol. The number of nitrogens with two attached hydrogens (primary N) is 1. The van der Waals surface area contributed by atoms with Crippen molar-refractivity contribution in [2.45, 2.75) is 51.0 Å². The summed E-state index contributed by atoms with van der Waals surface area (Å²) in [5.74, 6) is 0.569. The van der Waals surface area contributed by atoms with Crippen LogP contribution in [0.2, 0.25) is 0 Å². The second-order valence-corrected chi connectivity index (χ2v) is 6.56. The highest BCUT2D eigenvalue weighted by Gasteiger charge is 2.38. The summed E-state index contributed by atoms with van der Waals surface area (Å²) in [5, 5.41) is 3.21. The Morgan fingerprint density at radius 3 is 2.70 bits per heavy atom. The van der Waals surface area contributed by atoms with Gasteiger partial charge in [-0.3, -0.25) is 9.89 Å². The molecular formula is C17H34N4O2. The lowest BCUT2D eigenvalue weighted by Gasteiger charge is -2.47. The van der Waals surface area contributed by atoms with Crippen LogP contribution in [0.1, 0.15) is 45.4 Å². The average molecular weight is 326 g/mol. The van der Waals surface area contributed by atoms with E-state index in [1.807, 2.05) is 6.92 Å². The van der Waals surface area contributed by atoms with E-state index in [1.54, 1.807) is 0 Å². The van der Waals surface area contributed by atoms with Crippen LogP contribution in [0.5, 0.6) is 0 Å².